The van der Waals surface area contributed by atoms with E-state index in [0.717, 1.165) is 34.7 Å². The summed E-state index contributed by atoms with van der Waals surface area (Å²) in [5, 5.41) is 0. The molecule has 11 heteroatoms. The standard InChI is InChI=1S/C38H45N3O8/c1-23-16-26-34-30(17-23)46-21-32(38(2,3)4)41(34)37(43)31(49-35(26)25-8-7-9-28(44-5)36(25)45-6)19-33(42)40-14-12-39(13-15-40)20-24-10-11-27-29(18-24)48-22-47-27/h7-11,16-18,31-32,35H,12-15,19-22H2,1-6H3. The van der Waals surface area contributed by atoms with Crippen LogP contribution in [0.1, 0.15) is 55.5 Å². The van der Waals surface area contributed by atoms with E-state index in [1.165, 1.54) is 0 Å². The Morgan fingerprint density at radius 2 is 1.67 bits per heavy atom. The molecule has 49 heavy (non-hydrogen) atoms. The Bertz CT molecular complexity index is 1750. The summed E-state index contributed by atoms with van der Waals surface area (Å²) in [6.07, 6.45) is -1.85. The number of hydrogen-bond acceptors (Lipinski definition) is 9. The minimum Gasteiger partial charge on any atom is -0.493 e. The Kier molecular flexibility index (Phi) is 8.83. The van der Waals surface area contributed by atoms with Crippen molar-refractivity contribution in [1.82, 2.24) is 9.80 Å². The van der Waals surface area contributed by atoms with E-state index in [9.17, 15) is 9.59 Å². The number of carbonyl (C=O) groups is 2. The topological polar surface area (TPSA) is 99.2 Å². The molecule has 3 aromatic rings. The number of para-hydroxylation sites is 1. The van der Waals surface area contributed by atoms with E-state index in [2.05, 4.69) is 31.7 Å². The number of anilines is 1. The molecule has 4 aliphatic heterocycles. The molecule has 0 bridgehead atoms. The molecule has 3 unspecified atom stereocenters. The van der Waals surface area contributed by atoms with Crippen LogP contribution in [0.4, 0.5) is 5.69 Å². The van der Waals surface area contributed by atoms with Crippen LogP contribution in [-0.2, 0) is 20.9 Å². The number of hydrogen-bond donors (Lipinski definition) is 0. The highest BCUT2D eigenvalue weighted by Gasteiger charge is 2.48. The zero-order chi connectivity index (χ0) is 34.4. The van der Waals surface area contributed by atoms with Crippen LogP contribution in [0.25, 0.3) is 0 Å². The summed E-state index contributed by atoms with van der Waals surface area (Å²) < 4.78 is 35.7. The second-order valence-electron chi connectivity index (χ2n) is 14.2. The fraction of sp³-hybridized carbons (Fsp3) is 0.474. The van der Waals surface area contributed by atoms with Gasteiger partial charge >= 0.3 is 0 Å². The maximum Gasteiger partial charge on any atom is 0.257 e. The smallest absolute Gasteiger partial charge is 0.257 e. The number of methoxy groups -OCH3 is 2. The molecule has 1 fully saturated rings. The summed E-state index contributed by atoms with van der Waals surface area (Å²) in [7, 11) is 3.18. The zero-order valence-corrected chi connectivity index (χ0v) is 29.1. The normalized spacial score (nSPS) is 21.9. The third-order valence-electron chi connectivity index (χ3n) is 9.94. The lowest BCUT2D eigenvalue weighted by Gasteiger charge is -2.44. The third-order valence-corrected chi connectivity index (χ3v) is 9.94. The van der Waals surface area contributed by atoms with Crippen LogP contribution in [0.15, 0.2) is 48.5 Å². The molecule has 260 valence electrons. The lowest BCUT2D eigenvalue weighted by Crippen LogP contribution is -2.56. The summed E-state index contributed by atoms with van der Waals surface area (Å²) in [4.78, 5) is 34.8. The van der Waals surface area contributed by atoms with Gasteiger partial charge in [0.1, 0.15) is 24.6 Å². The van der Waals surface area contributed by atoms with Gasteiger partial charge in [0.25, 0.3) is 5.91 Å². The van der Waals surface area contributed by atoms with Gasteiger partial charge in [0.05, 0.1) is 32.4 Å². The maximum absolute atomic E-state index is 14.8. The predicted molar refractivity (Wildman–Crippen MR) is 183 cm³/mol. The number of carbonyl (C=O) groups excluding carboxylic acids is 2. The Labute approximate surface area is 287 Å². The monoisotopic (exact) mass is 671 g/mol. The van der Waals surface area contributed by atoms with Crippen molar-refractivity contribution >= 4 is 17.5 Å². The van der Waals surface area contributed by atoms with E-state index < -0.39 is 12.2 Å². The van der Waals surface area contributed by atoms with Gasteiger partial charge in [0.2, 0.25) is 12.7 Å². The van der Waals surface area contributed by atoms with Crippen LogP contribution in [0, 0.1) is 12.3 Å². The van der Waals surface area contributed by atoms with Crippen molar-refractivity contribution in [2.24, 2.45) is 5.41 Å². The number of piperazine rings is 1. The van der Waals surface area contributed by atoms with Gasteiger partial charge in [-0.05, 0) is 47.7 Å². The number of nitrogens with zero attached hydrogens (tertiary/aromatic N) is 3. The van der Waals surface area contributed by atoms with Crippen LogP contribution in [-0.4, -0.2) is 87.6 Å². The molecule has 2 amide bonds. The molecule has 4 aliphatic rings. The molecule has 7 rings (SSSR count). The Morgan fingerprint density at radius 1 is 0.898 bits per heavy atom. The third kappa shape index (κ3) is 6.25. The van der Waals surface area contributed by atoms with Crippen LogP contribution >= 0.6 is 0 Å². The van der Waals surface area contributed by atoms with E-state index >= 15 is 0 Å². The predicted octanol–water partition coefficient (Wildman–Crippen LogP) is 5.10. The number of benzene rings is 3. The zero-order valence-electron chi connectivity index (χ0n) is 29.1. The van der Waals surface area contributed by atoms with Gasteiger partial charge in [-0.3, -0.25) is 19.4 Å². The Hall–Kier alpha value is -4.48. The lowest BCUT2D eigenvalue weighted by atomic mass is 9.84. The molecule has 1 saturated heterocycles. The van der Waals surface area contributed by atoms with Crippen molar-refractivity contribution in [1.29, 1.82) is 0 Å². The number of rotatable bonds is 7. The van der Waals surface area contributed by atoms with Crippen molar-refractivity contribution in [3.63, 3.8) is 0 Å². The minimum atomic E-state index is -1.04. The Balaban J connectivity index is 1.17. The van der Waals surface area contributed by atoms with Crippen molar-refractivity contribution in [3.05, 3.63) is 70.8 Å². The number of fused-ring (bicyclic) bond motifs is 1. The van der Waals surface area contributed by atoms with E-state index in [0.29, 0.717) is 61.3 Å². The molecule has 4 heterocycles. The van der Waals surface area contributed by atoms with E-state index in [1.807, 2.05) is 59.2 Å². The van der Waals surface area contributed by atoms with Crippen LogP contribution < -0.4 is 28.6 Å². The highest BCUT2D eigenvalue weighted by Crippen LogP contribution is 2.51. The molecule has 0 aromatic heterocycles. The first kappa shape index (κ1) is 33.0. The molecule has 0 radical (unpaired) electrons. The molecular weight excluding hydrogens is 626 g/mol. The van der Waals surface area contributed by atoms with Crippen molar-refractivity contribution in [3.8, 4) is 28.7 Å². The molecule has 0 aliphatic carbocycles. The molecule has 3 atom stereocenters. The summed E-state index contributed by atoms with van der Waals surface area (Å²) in [6, 6.07) is 15.4. The highest BCUT2D eigenvalue weighted by molar-refractivity contribution is 6.02. The van der Waals surface area contributed by atoms with Crippen molar-refractivity contribution in [2.45, 2.75) is 58.9 Å². The number of ether oxygens (including phenoxy) is 6. The quantitative estimate of drug-likeness (QED) is 0.340. The van der Waals surface area contributed by atoms with Gasteiger partial charge in [0.15, 0.2) is 23.0 Å². The lowest BCUT2D eigenvalue weighted by molar-refractivity contribution is -0.144. The van der Waals surface area contributed by atoms with E-state index in [1.54, 1.807) is 14.2 Å². The molecule has 0 N–H and O–H groups in total. The fourth-order valence-corrected chi connectivity index (χ4v) is 7.33. The second-order valence-corrected chi connectivity index (χ2v) is 14.2. The van der Waals surface area contributed by atoms with Crippen molar-refractivity contribution < 1.29 is 38.0 Å². The van der Waals surface area contributed by atoms with Gasteiger partial charge in [-0.25, -0.2) is 0 Å². The minimum absolute atomic E-state index is 0.0830. The van der Waals surface area contributed by atoms with Crippen molar-refractivity contribution in [2.75, 3.05) is 58.7 Å². The Morgan fingerprint density at radius 3 is 2.41 bits per heavy atom. The SMILES string of the molecule is COc1cccc(C2OC(CC(=O)N3CCN(Cc4ccc5c(c4)OCO5)CC3)C(=O)N3c4c(cc(C)cc42)OCC3C(C)(C)C)c1OC. The average molecular weight is 672 g/mol. The first-order valence-electron chi connectivity index (χ1n) is 16.9. The van der Waals surface area contributed by atoms with E-state index in [4.69, 9.17) is 28.4 Å². The van der Waals surface area contributed by atoms with Crippen LogP contribution in [0.3, 0.4) is 0 Å². The van der Waals surface area contributed by atoms with Gasteiger partial charge < -0.3 is 33.3 Å². The summed E-state index contributed by atoms with van der Waals surface area (Å²) in [6.45, 7) is 12.2. The molecule has 0 spiro atoms. The van der Waals surface area contributed by atoms with Crippen LogP contribution in [0.2, 0.25) is 0 Å². The fourth-order valence-electron chi connectivity index (χ4n) is 7.33. The van der Waals surface area contributed by atoms with Gasteiger partial charge in [-0.2, -0.15) is 0 Å². The van der Waals surface area contributed by atoms with Gasteiger partial charge in [-0.1, -0.05) is 45.0 Å². The first-order valence-corrected chi connectivity index (χ1v) is 16.9. The number of aryl methyl sites for hydroxylation is 1. The van der Waals surface area contributed by atoms with E-state index in [-0.39, 0.29) is 36.5 Å². The van der Waals surface area contributed by atoms with Gasteiger partial charge in [-0.15, -0.1) is 0 Å². The molecular formula is C38H45N3O8. The summed E-state index contributed by atoms with van der Waals surface area (Å²) >= 11 is 0. The molecule has 11 nitrogen and oxygen atoms in total. The maximum atomic E-state index is 14.8. The molecule has 0 saturated carbocycles. The number of amides is 2. The van der Waals surface area contributed by atoms with Gasteiger partial charge in [0, 0.05) is 43.9 Å². The highest BCUT2D eigenvalue weighted by atomic mass is 16.7. The van der Waals surface area contributed by atoms with Crippen LogP contribution in [0.5, 0.6) is 28.7 Å². The average Bonchev–Trinajstić information content (AvgIpc) is 3.52. The molecule has 3 aromatic carbocycles. The second kappa shape index (κ2) is 13.1. The summed E-state index contributed by atoms with van der Waals surface area (Å²) in [5.74, 6) is 2.87. The summed E-state index contributed by atoms with van der Waals surface area (Å²) in [5.41, 5.74) is 3.97. The largest absolute Gasteiger partial charge is 0.493 e. The first-order chi connectivity index (χ1) is 23.5.